The van der Waals surface area contributed by atoms with E-state index < -0.39 is 0 Å². The van der Waals surface area contributed by atoms with Crippen LogP contribution in [0, 0.1) is 0 Å². The Morgan fingerprint density at radius 1 is 0.955 bits per heavy atom. The van der Waals surface area contributed by atoms with Crippen LogP contribution in [-0.2, 0) is 17.8 Å². The van der Waals surface area contributed by atoms with E-state index in [-0.39, 0.29) is 6.10 Å². The van der Waals surface area contributed by atoms with Crippen molar-refractivity contribution in [1.82, 2.24) is 5.32 Å². The van der Waals surface area contributed by atoms with Gasteiger partial charge in [-0.1, -0.05) is 42.5 Å². The third-order valence-electron chi connectivity index (χ3n) is 3.88. The molecule has 3 heteroatoms. The summed E-state index contributed by atoms with van der Waals surface area (Å²) < 4.78 is 11.3. The smallest absolute Gasteiger partial charge is 0.119 e. The zero-order chi connectivity index (χ0) is 15.0. The molecule has 0 aromatic heterocycles. The molecule has 1 unspecified atom stereocenters. The Kier molecular flexibility index (Phi) is 5.46. The highest BCUT2D eigenvalue weighted by atomic mass is 16.5. The van der Waals surface area contributed by atoms with E-state index in [9.17, 15) is 0 Å². The average Bonchev–Trinajstić information content (AvgIpc) is 3.09. The lowest BCUT2D eigenvalue weighted by molar-refractivity contribution is 0.0679. The van der Waals surface area contributed by atoms with Gasteiger partial charge in [0, 0.05) is 19.7 Å². The van der Waals surface area contributed by atoms with Crippen molar-refractivity contribution in [1.29, 1.82) is 0 Å². The van der Waals surface area contributed by atoms with Crippen LogP contribution in [0.15, 0.2) is 54.6 Å². The number of benzene rings is 2. The van der Waals surface area contributed by atoms with Crippen molar-refractivity contribution in [3.63, 3.8) is 0 Å². The van der Waals surface area contributed by atoms with Crippen molar-refractivity contribution in [2.75, 3.05) is 13.2 Å². The van der Waals surface area contributed by atoms with Crippen LogP contribution in [0.2, 0.25) is 0 Å². The molecular formula is C19H23NO2. The summed E-state index contributed by atoms with van der Waals surface area (Å²) in [5, 5.41) is 3.45. The molecule has 1 heterocycles. The van der Waals surface area contributed by atoms with Gasteiger partial charge < -0.3 is 14.8 Å². The Balaban J connectivity index is 1.41. The third kappa shape index (κ3) is 4.58. The predicted molar refractivity (Wildman–Crippen MR) is 87.9 cm³/mol. The normalized spacial score (nSPS) is 17.5. The van der Waals surface area contributed by atoms with E-state index in [0.717, 1.165) is 38.3 Å². The van der Waals surface area contributed by atoms with Gasteiger partial charge in [-0.25, -0.2) is 0 Å². The first-order valence-electron chi connectivity index (χ1n) is 7.98. The number of rotatable bonds is 7. The van der Waals surface area contributed by atoms with E-state index in [0.29, 0.717) is 6.61 Å². The van der Waals surface area contributed by atoms with E-state index in [1.807, 2.05) is 18.2 Å². The van der Waals surface area contributed by atoms with Gasteiger partial charge in [-0.2, -0.15) is 0 Å². The van der Waals surface area contributed by atoms with Gasteiger partial charge in [-0.15, -0.1) is 0 Å². The van der Waals surface area contributed by atoms with Crippen molar-refractivity contribution in [3.05, 3.63) is 65.7 Å². The van der Waals surface area contributed by atoms with E-state index >= 15 is 0 Å². The fourth-order valence-electron chi connectivity index (χ4n) is 2.62. The Hall–Kier alpha value is -1.84. The Morgan fingerprint density at radius 2 is 1.68 bits per heavy atom. The Labute approximate surface area is 132 Å². The molecule has 1 aliphatic rings. The highest BCUT2D eigenvalue weighted by molar-refractivity contribution is 5.27. The molecule has 116 valence electrons. The first-order valence-corrected chi connectivity index (χ1v) is 7.98. The fourth-order valence-corrected chi connectivity index (χ4v) is 2.62. The van der Waals surface area contributed by atoms with Crippen LogP contribution in [0.1, 0.15) is 24.0 Å². The van der Waals surface area contributed by atoms with Crippen LogP contribution in [0.3, 0.4) is 0 Å². The second-order valence-electron chi connectivity index (χ2n) is 5.68. The van der Waals surface area contributed by atoms with Gasteiger partial charge in [-0.3, -0.25) is 0 Å². The number of hydrogen-bond acceptors (Lipinski definition) is 3. The van der Waals surface area contributed by atoms with Crippen molar-refractivity contribution in [3.8, 4) is 5.75 Å². The molecule has 0 radical (unpaired) electrons. The molecule has 22 heavy (non-hydrogen) atoms. The van der Waals surface area contributed by atoms with Crippen molar-refractivity contribution >= 4 is 0 Å². The molecule has 1 saturated heterocycles. The van der Waals surface area contributed by atoms with Crippen LogP contribution in [-0.4, -0.2) is 19.3 Å². The van der Waals surface area contributed by atoms with Crippen LogP contribution in [0.5, 0.6) is 5.75 Å². The van der Waals surface area contributed by atoms with Crippen molar-refractivity contribution in [2.24, 2.45) is 0 Å². The van der Waals surface area contributed by atoms with E-state index in [1.54, 1.807) is 0 Å². The van der Waals surface area contributed by atoms with Gasteiger partial charge >= 0.3 is 0 Å². The molecule has 0 aliphatic carbocycles. The lowest BCUT2D eigenvalue weighted by Gasteiger charge is -2.12. The SMILES string of the molecule is c1ccc(CNCc2ccc(OCC3CCCO3)cc2)cc1. The van der Waals surface area contributed by atoms with Gasteiger partial charge in [0.05, 0.1) is 6.10 Å². The molecule has 3 nitrogen and oxygen atoms in total. The molecule has 1 atom stereocenters. The van der Waals surface area contributed by atoms with Crippen molar-refractivity contribution in [2.45, 2.75) is 32.0 Å². The molecule has 0 amide bonds. The summed E-state index contributed by atoms with van der Waals surface area (Å²) in [4.78, 5) is 0. The third-order valence-corrected chi connectivity index (χ3v) is 3.88. The second-order valence-corrected chi connectivity index (χ2v) is 5.68. The minimum absolute atomic E-state index is 0.271. The molecule has 1 aliphatic heterocycles. The van der Waals surface area contributed by atoms with E-state index in [1.165, 1.54) is 11.1 Å². The number of hydrogen-bond donors (Lipinski definition) is 1. The van der Waals surface area contributed by atoms with Crippen LogP contribution in [0.25, 0.3) is 0 Å². The van der Waals surface area contributed by atoms with Crippen LogP contribution in [0.4, 0.5) is 0 Å². The van der Waals surface area contributed by atoms with Crippen LogP contribution >= 0.6 is 0 Å². The maximum Gasteiger partial charge on any atom is 0.119 e. The number of nitrogens with one attached hydrogen (secondary N) is 1. The zero-order valence-electron chi connectivity index (χ0n) is 12.8. The standard InChI is InChI=1S/C19H23NO2/c1-2-5-16(6-3-1)13-20-14-17-8-10-18(11-9-17)22-15-19-7-4-12-21-19/h1-3,5-6,8-11,19-20H,4,7,12-15H2. The van der Waals surface area contributed by atoms with Gasteiger partial charge in [0.25, 0.3) is 0 Å². The first kappa shape index (κ1) is 15.1. The summed E-state index contributed by atoms with van der Waals surface area (Å²) in [6.07, 6.45) is 2.54. The van der Waals surface area contributed by atoms with Gasteiger partial charge in [0.2, 0.25) is 0 Å². The topological polar surface area (TPSA) is 30.5 Å². The minimum atomic E-state index is 0.271. The summed E-state index contributed by atoms with van der Waals surface area (Å²) in [6.45, 7) is 3.28. The summed E-state index contributed by atoms with van der Waals surface area (Å²) in [7, 11) is 0. The van der Waals surface area contributed by atoms with Gasteiger partial charge in [0.1, 0.15) is 12.4 Å². The highest BCUT2D eigenvalue weighted by Crippen LogP contribution is 2.16. The summed E-state index contributed by atoms with van der Waals surface area (Å²) in [5.41, 5.74) is 2.57. The lowest BCUT2D eigenvalue weighted by atomic mass is 10.2. The van der Waals surface area contributed by atoms with Gasteiger partial charge in [0.15, 0.2) is 0 Å². The Morgan fingerprint density at radius 3 is 2.36 bits per heavy atom. The number of ether oxygens (including phenoxy) is 2. The average molecular weight is 297 g/mol. The molecule has 0 saturated carbocycles. The molecule has 3 rings (SSSR count). The molecule has 0 spiro atoms. The molecule has 1 N–H and O–H groups in total. The lowest BCUT2D eigenvalue weighted by Crippen LogP contribution is -2.16. The highest BCUT2D eigenvalue weighted by Gasteiger charge is 2.15. The maximum absolute atomic E-state index is 5.77. The quantitative estimate of drug-likeness (QED) is 0.848. The summed E-state index contributed by atoms with van der Waals surface area (Å²) in [5.74, 6) is 0.919. The largest absolute Gasteiger partial charge is 0.491 e. The second kappa shape index (κ2) is 7.97. The molecule has 2 aromatic carbocycles. The summed E-state index contributed by atoms with van der Waals surface area (Å²) in [6, 6.07) is 18.7. The summed E-state index contributed by atoms with van der Waals surface area (Å²) >= 11 is 0. The zero-order valence-corrected chi connectivity index (χ0v) is 12.8. The first-order chi connectivity index (χ1) is 10.9. The van der Waals surface area contributed by atoms with Crippen molar-refractivity contribution < 1.29 is 9.47 Å². The van der Waals surface area contributed by atoms with E-state index in [2.05, 4.69) is 41.7 Å². The van der Waals surface area contributed by atoms with Crippen LogP contribution < -0.4 is 10.1 Å². The maximum atomic E-state index is 5.77. The fraction of sp³-hybridized carbons (Fsp3) is 0.368. The molecule has 1 fully saturated rings. The minimum Gasteiger partial charge on any atom is -0.491 e. The molecule has 2 aromatic rings. The molecular weight excluding hydrogens is 274 g/mol. The molecule has 0 bridgehead atoms. The van der Waals surface area contributed by atoms with E-state index in [4.69, 9.17) is 9.47 Å². The monoisotopic (exact) mass is 297 g/mol. The Bertz CT molecular complexity index is 547. The van der Waals surface area contributed by atoms with Gasteiger partial charge in [-0.05, 0) is 36.1 Å². The predicted octanol–water partition coefficient (Wildman–Crippen LogP) is 3.53.